The molecule has 0 radical (unpaired) electrons. The normalized spacial score (nSPS) is 24.2. The molecule has 1 unspecified atom stereocenters. The van der Waals surface area contributed by atoms with Gasteiger partial charge in [-0.05, 0) is 24.8 Å². The van der Waals surface area contributed by atoms with E-state index in [-0.39, 0.29) is 5.91 Å². The molecule has 0 aromatic carbocycles. The zero-order chi connectivity index (χ0) is 13.9. The lowest BCUT2D eigenvalue weighted by Gasteiger charge is -2.32. The van der Waals surface area contributed by atoms with Crippen LogP contribution >= 0.6 is 11.8 Å². The lowest BCUT2D eigenvalue weighted by molar-refractivity contribution is 0.0737. The maximum absolute atomic E-state index is 12.4. The number of carbonyl (C=O) groups is 1. The second-order valence-electron chi connectivity index (χ2n) is 5.30. The molecule has 1 atom stereocenters. The molecule has 0 bridgehead atoms. The van der Waals surface area contributed by atoms with E-state index in [0.717, 1.165) is 50.8 Å². The van der Waals surface area contributed by atoms with Crippen molar-refractivity contribution in [2.24, 2.45) is 0 Å². The molecule has 0 saturated carbocycles. The van der Waals surface area contributed by atoms with Gasteiger partial charge in [-0.15, -0.1) is 0 Å². The summed E-state index contributed by atoms with van der Waals surface area (Å²) in [5, 5.41) is 4.17. The largest absolute Gasteiger partial charge is 0.445 e. The van der Waals surface area contributed by atoms with Gasteiger partial charge in [0.05, 0.1) is 0 Å². The number of thioether (sulfide) groups is 1. The first kappa shape index (κ1) is 14.0. The lowest BCUT2D eigenvalue weighted by atomic mass is 10.2. The van der Waals surface area contributed by atoms with E-state index >= 15 is 0 Å². The molecule has 3 heterocycles. The smallest absolute Gasteiger partial charge is 0.289 e. The Kier molecular flexibility index (Phi) is 4.33. The molecule has 0 aliphatic carbocycles. The summed E-state index contributed by atoms with van der Waals surface area (Å²) in [5.41, 5.74) is 0. The molecule has 5 nitrogen and oxygen atoms in total. The first-order chi connectivity index (χ1) is 9.78. The van der Waals surface area contributed by atoms with Crippen molar-refractivity contribution in [2.45, 2.75) is 17.6 Å². The topological polar surface area (TPSA) is 48.7 Å². The molecule has 2 aliphatic rings. The lowest BCUT2D eigenvalue weighted by Crippen LogP contribution is -2.49. The summed E-state index contributed by atoms with van der Waals surface area (Å²) in [7, 11) is 0. The highest BCUT2D eigenvalue weighted by Crippen LogP contribution is 2.22. The van der Waals surface area contributed by atoms with E-state index in [4.69, 9.17) is 4.42 Å². The predicted octanol–water partition coefficient (Wildman–Crippen LogP) is 1.12. The van der Waals surface area contributed by atoms with E-state index in [1.807, 2.05) is 17.2 Å². The molecule has 1 N–H and O–H groups in total. The van der Waals surface area contributed by atoms with Gasteiger partial charge in [-0.2, -0.15) is 0 Å². The first-order valence-electron chi connectivity index (χ1n) is 7.16. The van der Waals surface area contributed by atoms with Crippen LogP contribution in [0.1, 0.15) is 17.0 Å². The average molecular weight is 295 g/mol. The number of furan rings is 1. The second-order valence-corrected chi connectivity index (χ2v) is 6.11. The van der Waals surface area contributed by atoms with E-state index in [0.29, 0.717) is 11.8 Å². The first-order valence-corrected chi connectivity index (χ1v) is 8.38. The minimum absolute atomic E-state index is 0.0305. The van der Waals surface area contributed by atoms with Crippen LogP contribution in [0.2, 0.25) is 0 Å². The van der Waals surface area contributed by atoms with Crippen LogP contribution < -0.4 is 5.32 Å². The Bertz CT molecular complexity index is 471. The molecule has 110 valence electrons. The van der Waals surface area contributed by atoms with Crippen LogP contribution in [0.3, 0.4) is 0 Å². The van der Waals surface area contributed by atoms with Crippen molar-refractivity contribution in [2.75, 3.05) is 45.5 Å². The van der Waals surface area contributed by atoms with Crippen molar-refractivity contribution in [3.05, 3.63) is 17.9 Å². The number of hydrogen-bond donors (Lipinski definition) is 1. The van der Waals surface area contributed by atoms with Gasteiger partial charge in [0.1, 0.15) is 0 Å². The number of piperazine rings is 1. The highest BCUT2D eigenvalue weighted by Gasteiger charge is 2.32. The molecule has 2 saturated heterocycles. The summed E-state index contributed by atoms with van der Waals surface area (Å²) in [6.07, 6.45) is 3.02. The minimum atomic E-state index is 0.0305. The van der Waals surface area contributed by atoms with Crippen molar-refractivity contribution < 1.29 is 9.21 Å². The number of carbonyl (C=O) groups excluding carboxylic acids is 1. The zero-order valence-electron chi connectivity index (χ0n) is 11.8. The summed E-state index contributed by atoms with van der Waals surface area (Å²) < 4.78 is 5.54. The Hall–Kier alpha value is -0.980. The molecule has 2 fully saturated rings. The monoisotopic (exact) mass is 295 g/mol. The van der Waals surface area contributed by atoms with E-state index in [1.54, 1.807) is 6.07 Å². The van der Waals surface area contributed by atoms with Crippen molar-refractivity contribution >= 4 is 17.7 Å². The van der Waals surface area contributed by atoms with E-state index in [9.17, 15) is 4.79 Å². The van der Waals surface area contributed by atoms with Crippen molar-refractivity contribution in [3.8, 4) is 0 Å². The molecule has 1 aromatic rings. The molecule has 3 rings (SSSR count). The Morgan fingerprint density at radius 2 is 2.15 bits per heavy atom. The number of nitrogens with zero attached hydrogens (tertiary/aromatic N) is 2. The summed E-state index contributed by atoms with van der Waals surface area (Å²) >= 11 is 1.52. The predicted molar refractivity (Wildman–Crippen MR) is 79.2 cm³/mol. The van der Waals surface area contributed by atoms with Gasteiger partial charge < -0.3 is 14.6 Å². The fourth-order valence-electron chi connectivity index (χ4n) is 2.97. The van der Waals surface area contributed by atoms with Crippen molar-refractivity contribution in [1.29, 1.82) is 0 Å². The number of likely N-dealkylation sites (tertiary alicyclic amines) is 1. The average Bonchev–Trinajstić information content (AvgIpc) is 3.17. The van der Waals surface area contributed by atoms with Gasteiger partial charge in [-0.25, -0.2) is 0 Å². The molecule has 20 heavy (non-hydrogen) atoms. The van der Waals surface area contributed by atoms with Crippen LogP contribution in [-0.2, 0) is 0 Å². The number of hydrogen-bond acceptors (Lipinski definition) is 5. The highest BCUT2D eigenvalue weighted by atomic mass is 32.2. The number of amides is 1. The fraction of sp³-hybridized carbons (Fsp3) is 0.643. The highest BCUT2D eigenvalue weighted by molar-refractivity contribution is 7.98. The van der Waals surface area contributed by atoms with Gasteiger partial charge in [-0.3, -0.25) is 9.69 Å². The van der Waals surface area contributed by atoms with Crippen LogP contribution in [0.4, 0.5) is 0 Å². The summed E-state index contributed by atoms with van der Waals surface area (Å²) in [4.78, 5) is 16.8. The molecule has 6 heteroatoms. The van der Waals surface area contributed by atoms with Gasteiger partial charge in [0.2, 0.25) is 0 Å². The van der Waals surface area contributed by atoms with E-state index in [1.165, 1.54) is 11.8 Å². The van der Waals surface area contributed by atoms with Crippen LogP contribution in [0.5, 0.6) is 0 Å². The van der Waals surface area contributed by atoms with Gasteiger partial charge >= 0.3 is 0 Å². The Labute approximate surface area is 123 Å². The molecule has 1 amide bonds. The van der Waals surface area contributed by atoms with Crippen LogP contribution in [0, 0.1) is 0 Å². The molecular weight excluding hydrogens is 274 g/mol. The number of nitrogens with one attached hydrogen (secondary N) is 1. The van der Waals surface area contributed by atoms with E-state index in [2.05, 4.69) is 10.2 Å². The third kappa shape index (κ3) is 2.87. The standard InChI is InChI=1S/C14H21N3O2S/c1-20-13-3-2-12(19-13)14(18)17-7-4-11(10-17)16-8-5-15-6-9-16/h2-3,11,15H,4-10H2,1H3. The van der Waals surface area contributed by atoms with Crippen molar-refractivity contribution in [1.82, 2.24) is 15.1 Å². The summed E-state index contributed by atoms with van der Waals surface area (Å²) in [5.74, 6) is 0.498. The summed E-state index contributed by atoms with van der Waals surface area (Å²) in [6.45, 7) is 5.95. The van der Waals surface area contributed by atoms with E-state index < -0.39 is 0 Å². The van der Waals surface area contributed by atoms with Crippen LogP contribution in [0.25, 0.3) is 0 Å². The maximum Gasteiger partial charge on any atom is 0.289 e. The molecular formula is C14H21N3O2S. The Balaban J connectivity index is 1.60. The SMILES string of the molecule is CSc1ccc(C(=O)N2CCC(N3CCNCC3)C2)o1. The molecule has 2 aliphatic heterocycles. The maximum atomic E-state index is 12.4. The second kappa shape index (κ2) is 6.20. The zero-order valence-corrected chi connectivity index (χ0v) is 12.6. The third-order valence-corrected chi connectivity index (χ3v) is 4.73. The van der Waals surface area contributed by atoms with Gasteiger partial charge in [0, 0.05) is 45.3 Å². The summed E-state index contributed by atoms with van der Waals surface area (Å²) in [6, 6.07) is 4.16. The fourth-order valence-corrected chi connectivity index (χ4v) is 3.35. The minimum Gasteiger partial charge on any atom is -0.445 e. The quantitative estimate of drug-likeness (QED) is 0.847. The number of rotatable bonds is 3. The molecule has 0 spiro atoms. The Morgan fingerprint density at radius 3 is 2.85 bits per heavy atom. The van der Waals surface area contributed by atoms with Gasteiger partial charge in [0.25, 0.3) is 5.91 Å². The van der Waals surface area contributed by atoms with Gasteiger partial charge in [-0.1, -0.05) is 11.8 Å². The van der Waals surface area contributed by atoms with Crippen molar-refractivity contribution in [3.63, 3.8) is 0 Å². The van der Waals surface area contributed by atoms with Crippen LogP contribution in [0.15, 0.2) is 21.6 Å². The third-order valence-electron chi connectivity index (χ3n) is 4.11. The Morgan fingerprint density at radius 1 is 1.35 bits per heavy atom. The van der Waals surface area contributed by atoms with Crippen LogP contribution in [-0.4, -0.2) is 67.3 Å². The molecule has 1 aromatic heterocycles. The van der Waals surface area contributed by atoms with Gasteiger partial charge in [0.15, 0.2) is 10.9 Å².